The van der Waals surface area contributed by atoms with Crippen LogP contribution in [0.25, 0.3) is 11.0 Å². The molecule has 1 heterocycles. The van der Waals surface area contributed by atoms with E-state index in [1.165, 1.54) is 0 Å². The lowest BCUT2D eigenvalue weighted by Crippen LogP contribution is -2.15. The summed E-state index contributed by atoms with van der Waals surface area (Å²) >= 11 is 0. The number of rotatable bonds is 2. The normalized spacial score (nSPS) is 11.8. The molecule has 2 aromatic rings. The van der Waals surface area contributed by atoms with Gasteiger partial charge in [-0.1, -0.05) is 0 Å². The second-order valence-corrected chi connectivity index (χ2v) is 3.75. The van der Waals surface area contributed by atoms with Crippen molar-refractivity contribution in [2.24, 2.45) is 0 Å². The van der Waals surface area contributed by atoms with E-state index >= 15 is 0 Å². The SMILES string of the molecule is N#CCCn1c(C(F)(F)F)nc2cc(F)c(F)cc21. The predicted molar refractivity (Wildman–Crippen MR) is 54.9 cm³/mol. The van der Waals surface area contributed by atoms with Gasteiger partial charge in [0.1, 0.15) is 0 Å². The molecule has 0 N–H and O–H groups in total. The summed E-state index contributed by atoms with van der Waals surface area (Å²) in [6, 6.07) is 2.93. The molecule has 0 fully saturated rings. The van der Waals surface area contributed by atoms with Crippen LogP contribution in [0.5, 0.6) is 0 Å². The van der Waals surface area contributed by atoms with Gasteiger partial charge in [-0.3, -0.25) is 0 Å². The van der Waals surface area contributed by atoms with Crippen LogP contribution in [-0.4, -0.2) is 9.55 Å². The molecule has 0 aliphatic heterocycles. The van der Waals surface area contributed by atoms with Crippen molar-refractivity contribution in [2.75, 3.05) is 0 Å². The van der Waals surface area contributed by atoms with E-state index in [1.54, 1.807) is 6.07 Å². The Kier molecular flexibility index (Phi) is 3.14. The van der Waals surface area contributed by atoms with Crippen molar-refractivity contribution in [1.29, 1.82) is 5.26 Å². The lowest BCUT2D eigenvalue weighted by molar-refractivity contribution is -0.146. The van der Waals surface area contributed by atoms with Crippen molar-refractivity contribution in [3.8, 4) is 6.07 Å². The van der Waals surface area contributed by atoms with Gasteiger partial charge in [0.2, 0.25) is 5.82 Å². The first-order valence-electron chi connectivity index (χ1n) is 5.14. The lowest BCUT2D eigenvalue weighted by atomic mass is 10.3. The number of aromatic nitrogens is 2. The summed E-state index contributed by atoms with van der Waals surface area (Å²) in [6.07, 6.45) is -4.96. The van der Waals surface area contributed by atoms with Crippen molar-refractivity contribution in [2.45, 2.75) is 19.1 Å². The zero-order chi connectivity index (χ0) is 14.2. The third-order valence-electron chi connectivity index (χ3n) is 2.49. The molecule has 0 bridgehead atoms. The van der Waals surface area contributed by atoms with E-state index in [9.17, 15) is 22.0 Å². The maximum absolute atomic E-state index is 13.1. The fourth-order valence-electron chi connectivity index (χ4n) is 1.72. The predicted octanol–water partition coefficient (Wildman–Crippen LogP) is 3.25. The molecule has 0 radical (unpaired) electrons. The van der Waals surface area contributed by atoms with Gasteiger partial charge in [-0.05, 0) is 0 Å². The van der Waals surface area contributed by atoms with Crippen LogP contribution in [0.4, 0.5) is 22.0 Å². The van der Waals surface area contributed by atoms with Crippen LogP contribution >= 0.6 is 0 Å². The highest BCUT2D eigenvalue weighted by atomic mass is 19.4. The summed E-state index contributed by atoms with van der Waals surface area (Å²) in [6.45, 7) is -0.299. The average molecular weight is 275 g/mol. The van der Waals surface area contributed by atoms with Crippen molar-refractivity contribution < 1.29 is 22.0 Å². The van der Waals surface area contributed by atoms with E-state index in [4.69, 9.17) is 5.26 Å². The first-order chi connectivity index (χ1) is 8.84. The molecular weight excluding hydrogens is 269 g/mol. The first kappa shape index (κ1) is 13.3. The summed E-state index contributed by atoms with van der Waals surface area (Å²) in [5.41, 5.74) is -0.495. The molecule has 0 spiro atoms. The van der Waals surface area contributed by atoms with Crippen molar-refractivity contribution in [3.05, 3.63) is 29.6 Å². The largest absolute Gasteiger partial charge is 0.449 e. The number of nitriles is 1. The average Bonchev–Trinajstić information content (AvgIpc) is 2.65. The first-order valence-corrected chi connectivity index (χ1v) is 5.14. The van der Waals surface area contributed by atoms with Gasteiger partial charge in [0.25, 0.3) is 0 Å². The highest BCUT2D eigenvalue weighted by molar-refractivity contribution is 5.76. The topological polar surface area (TPSA) is 41.6 Å². The van der Waals surface area contributed by atoms with Gasteiger partial charge in [-0.15, -0.1) is 0 Å². The molecule has 8 heteroatoms. The van der Waals surface area contributed by atoms with Crippen LogP contribution in [0, 0.1) is 23.0 Å². The standard InChI is InChI=1S/C11H6F5N3/c12-6-4-8-9(5-7(6)13)19(3-1-2-17)10(18-8)11(14,15)16/h4-5H,1,3H2. The number of hydrogen-bond acceptors (Lipinski definition) is 2. The molecule has 0 unspecified atom stereocenters. The third-order valence-corrected chi connectivity index (χ3v) is 2.49. The van der Waals surface area contributed by atoms with E-state index in [-0.39, 0.29) is 24.0 Å². The van der Waals surface area contributed by atoms with Gasteiger partial charge in [0.05, 0.1) is 23.5 Å². The maximum Gasteiger partial charge on any atom is 0.449 e. The summed E-state index contributed by atoms with van der Waals surface area (Å²) < 4.78 is 65.0. The van der Waals surface area contributed by atoms with Gasteiger partial charge in [-0.25, -0.2) is 13.8 Å². The van der Waals surface area contributed by atoms with Gasteiger partial charge in [-0.2, -0.15) is 18.4 Å². The van der Waals surface area contributed by atoms with E-state index < -0.39 is 23.6 Å². The van der Waals surface area contributed by atoms with Crippen molar-refractivity contribution in [3.63, 3.8) is 0 Å². The molecule has 1 aromatic heterocycles. The van der Waals surface area contributed by atoms with Crippen LogP contribution in [0.15, 0.2) is 12.1 Å². The second kappa shape index (κ2) is 4.50. The van der Waals surface area contributed by atoms with Crippen LogP contribution < -0.4 is 0 Å². The number of hydrogen-bond donors (Lipinski definition) is 0. The van der Waals surface area contributed by atoms with Gasteiger partial charge in [0.15, 0.2) is 11.6 Å². The number of alkyl halides is 3. The molecule has 0 saturated heterocycles. The van der Waals surface area contributed by atoms with E-state index in [1.807, 2.05) is 0 Å². The van der Waals surface area contributed by atoms with Crippen molar-refractivity contribution >= 4 is 11.0 Å². The number of halogens is 5. The summed E-state index contributed by atoms with van der Waals surface area (Å²) in [7, 11) is 0. The Morgan fingerprint density at radius 2 is 1.84 bits per heavy atom. The molecule has 100 valence electrons. The van der Waals surface area contributed by atoms with Crippen LogP contribution in [0.2, 0.25) is 0 Å². The minimum Gasteiger partial charge on any atom is -0.319 e. The molecule has 19 heavy (non-hydrogen) atoms. The summed E-state index contributed by atoms with van der Waals surface area (Å²) in [4.78, 5) is 3.26. The zero-order valence-corrected chi connectivity index (χ0v) is 9.30. The number of nitrogens with zero attached hydrogens (tertiary/aromatic N) is 3. The minimum absolute atomic E-state index is 0.193. The molecule has 1 aromatic carbocycles. The monoisotopic (exact) mass is 275 g/mol. The summed E-state index contributed by atoms with van der Waals surface area (Å²) in [5.74, 6) is -3.81. The molecular formula is C11H6F5N3. The molecule has 0 atom stereocenters. The van der Waals surface area contributed by atoms with E-state index in [0.717, 1.165) is 0 Å². The molecule has 0 amide bonds. The zero-order valence-electron chi connectivity index (χ0n) is 9.30. The molecule has 3 nitrogen and oxygen atoms in total. The number of aryl methyl sites for hydroxylation is 1. The Hall–Kier alpha value is -2.17. The lowest BCUT2D eigenvalue weighted by Gasteiger charge is -2.09. The van der Waals surface area contributed by atoms with Gasteiger partial charge < -0.3 is 4.57 Å². The molecule has 0 aliphatic rings. The molecule has 0 aliphatic carbocycles. The number of imidazole rings is 1. The highest BCUT2D eigenvalue weighted by Gasteiger charge is 2.37. The second-order valence-electron chi connectivity index (χ2n) is 3.75. The van der Waals surface area contributed by atoms with E-state index in [0.29, 0.717) is 16.7 Å². The fraction of sp³-hybridized carbons (Fsp3) is 0.273. The maximum atomic E-state index is 13.1. The fourth-order valence-corrected chi connectivity index (χ4v) is 1.72. The smallest absolute Gasteiger partial charge is 0.319 e. The Labute approximate surface area is 103 Å². The Morgan fingerprint density at radius 1 is 1.21 bits per heavy atom. The quantitative estimate of drug-likeness (QED) is 0.789. The van der Waals surface area contributed by atoms with Crippen LogP contribution in [0.3, 0.4) is 0 Å². The van der Waals surface area contributed by atoms with Crippen LogP contribution in [-0.2, 0) is 12.7 Å². The number of benzene rings is 1. The number of fused-ring (bicyclic) bond motifs is 1. The van der Waals surface area contributed by atoms with E-state index in [2.05, 4.69) is 4.98 Å². The Morgan fingerprint density at radius 3 is 2.42 bits per heavy atom. The molecule has 0 saturated carbocycles. The van der Waals surface area contributed by atoms with Gasteiger partial charge in [0, 0.05) is 18.7 Å². The molecule has 2 rings (SSSR count). The Bertz CT molecular complexity index is 665. The van der Waals surface area contributed by atoms with Gasteiger partial charge >= 0.3 is 6.18 Å². The Balaban J connectivity index is 2.71. The summed E-state index contributed by atoms with van der Waals surface area (Å²) in [5, 5.41) is 8.43. The minimum atomic E-state index is -4.76. The van der Waals surface area contributed by atoms with Crippen LogP contribution in [0.1, 0.15) is 12.2 Å². The van der Waals surface area contributed by atoms with Crippen molar-refractivity contribution in [1.82, 2.24) is 9.55 Å². The highest BCUT2D eigenvalue weighted by Crippen LogP contribution is 2.32. The third kappa shape index (κ3) is 2.36.